The van der Waals surface area contributed by atoms with Gasteiger partial charge in [-0.2, -0.15) is 0 Å². The first-order valence-electron chi connectivity index (χ1n) is 10.3. The standard InChI is InChI=1S/C24H27N3O4/c1-19(24(30)27-16-14-26(15-17-27)21-10-6-3-7-11-21)31-23(29)18-25-22(28)13-12-20-8-4-2-5-9-20/h2-13,19H,14-18H2,1H3,(H,25,28)/b13-12+/t19-/m0/s1. The third-order valence-corrected chi connectivity index (χ3v) is 5.00. The number of hydrogen-bond donors (Lipinski definition) is 1. The van der Waals surface area contributed by atoms with Crippen LogP contribution in [-0.2, 0) is 19.1 Å². The predicted molar refractivity (Wildman–Crippen MR) is 119 cm³/mol. The highest BCUT2D eigenvalue weighted by atomic mass is 16.5. The van der Waals surface area contributed by atoms with Crippen LogP contribution in [-0.4, -0.2) is 61.5 Å². The number of benzene rings is 2. The Bertz CT molecular complexity index is 907. The molecule has 162 valence electrons. The third kappa shape index (κ3) is 6.70. The summed E-state index contributed by atoms with van der Waals surface area (Å²) in [6.45, 7) is 3.84. The predicted octanol–water partition coefficient (Wildman–Crippen LogP) is 2.10. The van der Waals surface area contributed by atoms with Gasteiger partial charge < -0.3 is 19.9 Å². The van der Waals surface area contributed by atoms with Gasteiger partial charge in [-0.15, -0.1) is 0 Å². The van der Waals surface area contributed by atoms with Gasteiger partial charge >= 0.3 is 5.97 Å². The molecule has 31 heavy (non-hydrogen) atoms. The summed E-state index contributed by atoms with van der Waals surface area (Å²) in [5, 5.41) is 2.47. The molecule has 0 aromatic heterocycles. The molecule has 2 aromatic rings. The lowest BCUT2D eigenvalue weighted by molar-refractivity contribution is -0.158. The van der Waals surface area contributed by atoms with E-state index in [9.17, 15) is 14.4 Å². The van der Waals surface area contributed by atoms with Crippen LogP contribution in [0.15, 0.2) is 66.7 Å². The second kappa shape index (κ2) is 11.0. The van der Waals surface area contributed by atoms with E-state index in [0.717, 1.165) is 24.3 Å². The van der Waals surface area contributed by atoms with Crippen LogP contribution in [0.4, 0.5) is 5.69 Å². The SMILES string of the molecule is C[C@H](OC(=O)CNC(=O)/C=C/c1ccccc1)C(=O)N1CCN(c2ccccc2)CC1. The fourth-order valence-electron chi connectivity index (χ4n) is 3.32. The van der Waals surface area contributed by atoms with Crippen molar-refractivity contribution >= 4 is 29.5 Å². The number of ether oxygens (including phenoxy) is 1. The number of rotatable bonds is 7. The molecule has 0 spiro atoms. The summed E-state index contributed by atoms with van der Waals surface area (Å²) in [5.41, 5.74) is 2.01. The fourth-order valence-corrected chi connectivity index (χ4v) is 3.32. The van der Waals surface area contributed by atoms with E-state index in [-0.39, 0.29) is 12.5 Å². The largest absolute Gasteiger partial charge is 0.451 e. The van der Waals surface area contributed by atoms with Crippen LogP contribution < -0.4 is 10.2 Å². The van der Waals surface area contributed by atoms with Gasteiger partial charge in [0, 0.05) is 37.9 Å². The van der Waals surface area contributed by atoms with Gasteiger partial charge in [0.25, 0.3) is 5.91 Å². The number of carbonyl (C=O) groups excluding carboxylic acids is 3. The summed E-state index contributed by atoms with van der Waals surface area (Å²) in [4.78, 5) is 40.4. The number of nitrogens with zero attached hydrogens (tertiary/aromatic N) is 2. The molecule has 7 nitrogen and oxygen atoms in total. The van der Waals surface area contributed by atoms with Crippen LogP contribution in [0.2, 0.25) is 0 Å². The van der Waals surface area contributed by atoms with E-state index in [1.54, 1.807) is 17.9 Å². The molecule has 0 unspecified atom stereocenters. The molecule has 0 bridgehead atoms. The minimum absolute atomic E-state index is 0.226. The number of amides is 2. The summed E-state index contributed by atoms with van der Waals surface area (Å²) in [6, 6.07) is 19.4. The van der Waals surface area contributed by atoms with Gasteiger partial charge in [0.15, 0.2) is 6.10 Å². The van der Waals surface area contributed by atoms with Crippen molar-refractivity contribution in [2.45, 2.75) is 13.0 Å². The van der Waals surface area contributed by atoms with E-state index in [1.807, 2.05) is 60.7 Å². The summed E-state index contributed by atoms with van der Waals surface area (Å²) < 4.78 is 5.21. The van der Waals surface area contributed by atoms with Crippen molar-refractivity contribution in [1.82, 2.24) is 10.2 Å². The van der Waals surface area contributed by atoms with Gasteiger partial charge in [0.1, 0.15) is 6.54 Å². The van der Waals surface area contributed by atoms with Gasteiger partial charge in [0.2, 0.25) is 5.91 Å². The lowest BCUT2D eigenvalue weighted by atomic mass is 10.2. The maximum Gasteiger partial charge on any atom is 0.326 e. The Hall–Kier alpha value is -3.61. The van der Waals surface area contributed by atoms with E-state index in [1.165, 1.54) is 6.08 Å². The molecule has 1 aliphatic heterocycles. The van der Waals surface area contributed by atoms with Crippen LogP contribution in [0.25, 0.3) is 6.08 Å². The van der Waals surface area contributed by atoms with Gasteiger partial charge in [-0.05, 0) is 30.7 Å². The molecule has 0 saturated carbocycles. The third-order valence-electron chi connectivity index (χ3n) is 5.00. The van der Waals surface area contributed by atoms with Crippen molar-refractivity contribution in [2.24, 2.45) is 0 Å². The highest BCUT2D eigenvalue weighted by Crippen LogP contribution is 2.16. The molecule has 1 N–H and O–H groups in total. The Morgan fingerprint density at radius 1 is 0.968 bits per heavy atom. The number of anilines is 1. The van der Waals surface area contributed by atoms with Crippen LogP contribution in [0.5, 0.6) is 0 Å². The molecule has 1 aliphatic rings. The number of nitrogens with one attached hydrogen (secondary N) is 1. The Morgan fingerprint density at radius 3 is 2.23 bits per heavy atom. The zero-order valence-corrected chi connectivity index (χ0v) is 17.6. The maximum absolute atomic E-state index is 12.6. The average molecular weight is 421 g/mol. The van der Waals surface area contributed by atoms with Gasteiger partial charge in [-0.25, -0.2) is 0 Å². The molecular formula is C24H27N3O4. The molecule has 1 atom stereocenters. The van der Waals surface area contributed by atoms with E-state index >= 15 is 0 Å². The molecule has 0 radical (unpaired) electrons. The summed E-state index contributed by atoms with van der Waals surface area (Å²) >= 11 is 0. The topological polar surface area (TPSA) is 78.9 Å². The molecule has 0 aliphatic carbocycles. The summed E-state index contributed by atoms with van der Waals surface area (Å²) in [5.74, 6) is -1.28. The Morgan fingerprint density at radius 2 is 1.58 bits per heavy atom. The van der Waals surface area contributed by atoms with Crippen molar-refractivity contribution in [1.29, 1.82) is 0 Å². The van der Waals surface area contributed by atoms with Crippen molar-refractivity contribution in [2.75, 3.05) is 37.6 Å². The first-order chi connectivity index (χ1) is 15.0. The van der Waals surface area contributed by atoms with E-state index in [2.05, 4.69) is 10.2 Å². The minimum Gasteiger partial charge on any atom is -0.451 e. The highest BCUT2D eigenvalue weighted by molar-refractivity contribution is 5.94. The normalized spacial score (nSPS) is 14.9. The van der Waals surface area contributed by atoms with Crippen molar-refractivity contribution in [3.63, 3.8) is 0 Å². The second-order valence-corrected chi connectivity index (χ2v) is 7.24. The Labute approximate surface area is 182 Å². The maximum atomic E-state index is 12.6. The Kier molecular flexibility index (Phi) is 7.81. The van der Waals surface area contributed by atoms with Gasteiger partial charge in [-0.3, -0.25) is 14.4 Å². The lowest BCUT2D eigenvalue weighted by Crippen LogP contribution is -2.52. The van der Waals surface area contributed by atoms with Crippen LogP contribution in [0, 0.1) is 0 Å². The number of hydrogen-bond acceptors (Lipinski definition) is 5. The molecular weight excluding hydrogens is 394 g/mol. The first-order valence-corrected chi connectivity index (χ1v) is 10.3. The number of esters is 1. The molecule has 3 rings (SSSR count). The molecule has 1 heterocycles. The zero-order chi connectivity index (χ0) is 22.1. The van der Waals surface area contributed by atoms with Crippen LogP contribution in [0.1, 0.15) is 12.5 Å². The molecule has 2 amide bonds. The van der Waals surface area contributed by atoms with E-state index < -0.39 is 18.0 Å². The van der Waals surface area contributed by atoms with E-state index in [0.29, 0.717) is 13.1 Å². The molecule has 1 fully saturated rings. The van der Waals surface area contributed by atoms with Crippen LogP contribution >= 0.6 is 0 Å². The van der Waals surface area contributed by atoms with E-state index in [4.69, 9.17) is 4.74 Å². The number of piperazine rings is 1. The average Bonchev–Trinajstić information content (AvgIpc) is 2.82. The van der Waals surface area contributed by atoms with Crippen LogP contribution in [0.3, 0.4) is 0 Å². The monoisotopic (exact) mass is 421 g/mol. The summed E-state index contributed by atoms with van der Waals surface area (Å²) in [7, 11) is 0. The smallest absolute Gasteiger partial charge is 0.326 e. The highest BCUT2D eigenvalue weighted by Gasteiger charge is 2.27. The Balaban J connectivity index is 1.38. The second-order valence-electron chi connectivity index (χ2n) is 7.24. The van der Waals surface area contributed by atoms with Gasteiger partial charge in [0.05, 0.1) is 0 Å². The lowest BCUT2D eigenvalue weighted by Gasteiger charge is -2.37. The number of carbonyl (C=O) groups is 3. The van der Waals surface area contributed by atoms with Crippen molar-refractivity contribution in [3.8, 4) is 0 Å². The minimum atomic E-state index is -0.896. The fraction of sp³-hybridized carbons (Fsp3) is 0.292. The molecule has 1 saturated heterocycles. The van der Waals surface area contributed by atoms with Crippen molar-refractivity contribution in [3.05, 3.63) is 72.3 Å². The zero-order valence-electron chi connectivity index (χ0n) is 17.6. The number of para-hydroxylation sites is 1. The van der Waals surface area contributed by atoms with Gasteiger partial charge in [-0.1, -0.05) is 48.5 Å². The quantitative estimate of drug-likeness (QED) is 0.547. The first kappa shape index (κ1) is 22.1. The molecule has 2 aromatic carbocycles. The summed E-state index contributed by atoms with van der Waals surface area (Å²) in [6.07, 6.45) is 2.11. The van der Waals surface area contributed by atoms with Crippen molar-refractivity contribution < 1.29 is 19.1 Å². The molecule has 7 heteroatoms.